The van der Waals surface area contributed by atoms with Crippen molar-refractivity contribution in [2.45, 2.75) is 6.42 Å². The number of aromatic nitrogens is 2. The van der Waals surface area contributed by atoms with Crippen molar-refractivity contribution in [2.75, 3.05) is 6.54 Å². The molecule has 1 amide bonds. The number of rotatable bonds is 4. The highest BCUT2D eigenvalue weighted by Gasteiger charge is 2.13. The summed E-state index contributed by atoms with van der Waals surface area (Å²) in [6, 6.07) is 16.7. The van der Waals surface area contributed by atoms with Gasteiger partial charge in [0, 0.05) is 25.0 Å². The van der Waals surface area contributed by atoms with Crippen LogP contribution in [0.1, 0.15) is 15.9 Å². The van der Waals surface area contributed by atoms with Gasteiger partial charge in [-0.15, -0.1) is 0 Å². The average Bonchev–Trinajstić information content (AvgIpc) is 2.67. The summed E-state index contributed by atoms with van der Waals surface area (Å²) >= 11 is 0. The summed E-state index contributed by atoms with van der Waals surface area (Å²) in [4.78, 5) is 20.7. The second kappa shape index (κ2) is 6.88. The molecule has 3 aromatic carbocycles. The third kappa shape index (κ3) is 3.11. The zero-order chi connectivity index (χ0) is 17.9. The number of benzene rings is 3. The number of amides is 1. The van der Waals surface area contributed by atoms with Crippen molar-refractivity contribution in [3.63, 3.8) is 0 Å². The summed E-state index contributed by atoms with van der Waals surface area (Å²) in [5, 5.41) is 5.20. The molecule has 4 aromatic rings. The number of fused-ring (bicyclic) bond motifs is 2. The van der Waals surface area contributed by atoms with Crippen molar-refractivity contribution in [1.29, 1.82) is 0 Å². The number of carbonyl (C=O) groups excluding carboxylic acids is 1. The lowest BCUT2D eigenvalue weighted by Gasteiger charge is -2.09. The highest BCUT2D eigenvalue weighted by molar-refractivity contribution is 6.04. The van der Waals surface area contributed by atoms with Crippen LogP contribution in [-0.4, -0.2) is 22.4 Å². The highest BCUT2D eigenvalue weighted by atomic mass is 19.1. The third-order valence-electron chi connectivity index (χ3n) is 4.34. The Hall–Kier alpha value is -3.34. The molecule has 5 heteroatoms. The topological polar surface area (TPSA) is 54.9 Å². The van der Waals surface area contributed by atoms with E-state index < -0.39 is 5.82 Å². The minimum Gasteiger partial charge on any atom is -0.352 e. The Labute approximate surface area is 149 Å². The molecule has 26 heavy (non-hydrogen) atoms. The van der Waals surface area contributed by atoms with Gasteiger partial charge in [0.2, 0.25) is 0 Å². The predicted octanol–water partition coefficient (Wildman–Crippen LogP) is 3.89. The van der Waals surface area contributed by atoms with Gasteiger partial charge >= 0.3 is 0 Å². The maximum atomic E-state index is 13.8. The number of carbonyl (C=O) groups is 1. The van der Waals surface area contributed by atoms with E-state index in [0.717, 1.165) is 5.56 Å². The van der Waals surface area contributed by atoms with Gasteiger partial charge in [0.15, 0.2) is 0 Å². The molecule has 0 fully saturated rings. The van der Waals surface area contributed by atoms with Crippen LogP contribution in [0.4, 0.5) is 4.39 Å². The van der Waals surface area contributed by atoms with Crippen LogP contribution in [0.2, 0.25) is 0 Å². The van der Waals surface area contributed by atoms with Gasteiger partial charge in [0.05, 0.1) is 11.1 Å². The van der Waals surface area contributed by atoms with Crippen LogP contribution in [0.5, 0.6) is 0 Å². The summed E-state index contributed by atoms with van der Waals surface area (Å²) < 4.78 is 13.8. The first-order valence-corrected chi connectivity index (χ1v) is 8.37. The van der Waals surface area contributed by atoms with Gasteiger partial charge in [-0.2, -0.15) is 0 Å². The van der Waals surface area contributed by atoms with Crippen molar-refractivity contribution >= 4 is 27.7 Å². The minimum atomic E-state index is -0.503. The third-order valence-corrected chi connectivity index (χ3v) is 4.34. The second-order valence-electron chi connectivity index (χ2n) is 6.02. The number of nitrogens with zero attached hydrogens (tertiary/aromatic N) is 2. The number of halogens is 1. The molecule has 0 spiro atoms. The quantitative estimate of drug-likeness (QED) is 0.610. The molecule has 4 nitrogen and oxygen atoms in total. The number of nitrogens with one attached hydrogen (secondary N) is 1. The van der Waals surface area contributed by atoms with E-state index in [1.807, 2.05) is 18.2 Å². The van der Waals surface area contributed by atoms with E-state index in [0.29, 0.717) is 24.0 Å². The molecule has 128 valence electrons. The maximum Gasteiger partial charge on any atom is 0.253 e. The minimum absolute atomic E-state index is 0.200. The Bertz CT molecular complexity index is 1110. The van der Waals surface area contributed by atoms with Crippen LogP contribution in [0.3, 0.4) is 0 Å². The van der Waals surface area contributed by atoms with Crippen molar-refractivity contribution in [2.24, 2.45) is 0 Å². The fourth-order valence-electron chi connectivity index (χ4n) is 3.13. The van der Waals surface area contributed by atoms with Gasteiger partial charge < -0.3 is 5.32 Å². The Morgan fingerprint density at radius 3 is 2.73 bits per heavy atom. The van der Waals surface area contributed by atoms with E-state index in [1.165, 1.54) is 35.3 Å². The van der Waals surface area contributed by atoms with Gasteiger partial charge in [-0.1, -0.05) is 42.5 Å². The van der Waals surface area contributed by atoms with Gasteiger partial charge in [-0.3, -0.25) is 14.8 Å². The molecule has 0 atom stereocenters. The summed E-state index contributed by atoms with van der Waals surface area (Å²) in [5.41, 5.74) is 2.13. The molecular weight excluding hydrogens is 329 g/mol. The molecule has 0 aliphatic carbocycles. The standard InChI is InChI=1S/C21H16FN3O/c22-16-12-18(20-19(13-16)23-10-11-24-20)21(26)25-9-8-15-6-3-5-14-4-1-2-7-17(14)15/h1-7,10-13H,8-9H2,(H,25,26). The van der Waals surface area contributed by atoms with Crippen LogP contribution < -0.4 is 5.32 Å². The molecule has 1 heterocycles. The highest BCUT2D eigenvalue weighted by Crippen LogP contribution is 2.19. The zero-order valence-electron chi connectivity index (χ0n) is 13.9. The van der Waals surface area contributed by atoms with Crippen LogP contribution in [0.15, 0.2) is 67.0 Å². The average molecular weight is 345 g/mol. The number of hydrogen-bond acceptors (Lipinski definition) is 3. The molecule has 0 saturated carbocycles. The lowest BCUT2D eigenvalue weighted by Crippen LogP contribution is -2.26. The Kier molecular flexibility index (Phi) is 4.27. The summed E-state index contributed by atoms with van der Waals surface area (Å²) in [7, 11) is 0. The molecular formula is C21H16FN3O. The Morgan fingerprint density at radius 1 is 1.00 bits per heavy atom. The molecule has 4 rings (SSSR count). The summed E-state index contributed by atoms with van der Waals surface area (Å²) in [5.74, 6) is -0.854. The Morgan fingerprint density at radius 2 is 1.81 bits per heavy atom. The molecule has 0 bridgehead atoms. The molecule has 0 unspecified atom stereocenters. The first-order chi connectivity index (χ1) is 12.7. The van der Waals surface area contributed by atoms with Crippen molar-refractivity contribution < 1.29 is 9.18 Å². The van der Waals surface area contributed by atoms with Gasteiger partial charge in [0.1, 0.15) is 11.3 Å². The van der Waals surface area contributed by atoms with Gasteiger partial charge in [-0.05, 0) is 28.8 Å². The molecule has 1 aromatic heterocycles. The monoisotopic (exact) mass is 345 g/mol. The van der Waals surface area contributed by atoms with Crippen LogP contribution >= 0.6 is 0 Å². The lowest BCUT2D eigenvalue weighted by molar-refractivity contribution is 0.0955. The fourth-order valence-corrected chi connectivity index (χ4v) is 3.13. The van der Waals surface area contributed by atoms with Crippen LogP contribution in [-0.2, 0) is 6.42 Å². The number of hydrogen-bond donors (Lipinski definition) is 1. The summed E-state index contributed by atoms with van der Waals surface area (Å²) in [6.45, 7) is 0.450. The van der Waals surface area contributed by atoms with E-state index >= 15 is 0 Å². The van der Waals surface area contributed by atoms with E-state index in [9.17, 15) is 9.18 Å². The van der Waals surface area contributed by atoms with Crippen LogP contribution in [0, 0.1) is 5.82 Å². The van der Waals surface area contributed by atoms with Crippen molar-refractivity contribution in [1.82, 2.24) is 15.3 Å². The van der Waals surface area contributed by atoms with E-state index in [4.69, 9.17) is 0 Å². The van der Waals surface area contributed by atoms with E-state index in [-0.39, 0.29) is 11.5 Å². The SMILES string of the molecule is O=C(NCCc1cccc2ccccc12)c1cc(F)cc2nccnc12. The summed E-state index contributed by atoms with van der Waals surface area (Å²) in [6.07, 6.45) is 3.66. The maximum absolute atomic E-state index is 13.8. The first kappa shape index (κ1) is 16.1. The van der Waals surface area contributed by atoms with Gasteiger partial charge in [0.25, 0.3) is 5.91 Å². The molecule has 0 aliphatic heterocycles. The molecule has 0 aliphatic rings. The fraction of sp³-hybridized carbons (Fsp3) is 0.0952. The lowest BCUT2D eigenvalue weighted by atomic mass is 10.0. The molecule has 1 N–H and O–H groups in total. The van der Waals surface area contributed by atoms with E-state index in [1.54, 1.807) is 0 Å². The van der Waals surface area contributed by atoms with Crippen LogP contribution in [0.25, 0.3) is 21.8 Å². The van der Waals surface area contributed by atoms with Gasteiger partial charge in [-0.25, -0.2) is 4.39 Å². The van der Waals surface area contributed by atoms with Crippen molar-refractivity contribution in [3.05, 3.63) is 83.9 Å². The van der Waals surface area contributed by atoms with Crippen molar-refractivity contribution in [3.8, 4) is 0 Å². The second-order valence-corrected chi connectivity index (χ2v) is 6.02. The smallest absolute Gasteiger partial charge is 0.253 e. The largest absolute Gasteiger partial charge is 0.352 e. The Balaban J connectivity index is 1.53. The first-order valence-electron chi connectivity index (χ1n) is 8.37. The zero-order valence-corrected chi connectivity index (χ0v) is 13.9. The molecule has 0 radical (unpaired) electrons. The van der Waals surface area contributed by atoms with E-state index in [2.05, 4.69) is 39.6 Å². The predicted molar refractivity (Wildman–Crippen MR) is 99.5 cm³/mol. The normalized spacial score (nSPS) is 11.0. The molecule has 0 saturated heterocycles.